The summed E-state index contributed by atoms with van der Waals surface area (Å²) in [6.07, 6.45) is 1.77. The van der Waals surface area contributed by atoms with E-state index in [1.807, 2.05) is 24.3 Å². The third-order valence-corrected chi connectivity index (χ3v) is 3.47. The van der Waals surface area contributed by atoms with Gasteiger partial charge in [-0.25, -0.2) is 4.79 Å². The first-order valence-electron chi connectivity index (χ1n) is 6.31. The second-order valence-corrected chi connectivity index (χ2v) is 4.86. The zero-order valence-electron chi connectivity index (χ0n) is 10.7. The van der Waals surface area contributed by atoms with Gasteiger partial charge in [-0.1, -0.05) is 17.7 Å². The number of rotatable bonds is 1. The predicted octanol–water partition coefficient (Wildman–Crippen LogP) is 3.51. The third kappa shape index (κ3) is 2.21. The minimum Gasteiger partial charge on any atom is -0.465 e. The first kappa shape index (κ1) is 11.8. The van der Waals surface area contributed by atoms with Gasteiger partial charge in [0.15, 0.2) is 0 Å². The lowest BCUT2D eigenvalue weighted by Gasteiger charge is -2.22. The number of aryl methyl sites for hydroxylation is 1. The Balaban J connectivity index is 1.91. The van der Waals surface area contributed by atoms with Crippen molar-refractivity contribution in [2.45, 2.75) is 13.3 Å². The van der Waals surface area contributed by atoms with Crippen LogP contribution < -0.4 is 0 Å². The van der Waals surface area contributed by atoms with E-state index in [0.717, 1.165) is 22.3 Å². The highest BCUT2D eigenvalue weighted by Gasteiger charge is 2.18. The van der Waals surface area contributed by atoms with Gasteiger partial charge in [0.25, 0.3) is 0 Å². The van der Waals surface area contributed by atoms with Crippen molar-refractivity contribution in [1.82, 2.24) is 4.90 Å². The average Bonchev–Trinajstić information content (AvgIpc) is 2.81. The van der Waals surface area contributed by atoms with Gasteiger partial charge in [0.1, 0.15) is 11.3 Å². The highest BCUT2D eigenvalue weighted by molar-refractivity contribution is 5.83. The number of nitrogens with zero attached hydrogens (tertiary/aromatic N) is 1. The third-order valence-electron chi connectivity index (χ3n) is 3.47. The molecule has 0 saturated carbocycles. The van der Waals surface area contributed by atoms with E-state index in [4.69, 9.17) is 9.52 Å². The van der Waals surface area contributed by atoms with E-state index >= 15 is 0 Å². The average molecular weight is 257 g/mol. The van der Waals surface area contributed by atoms with Gasteiger partial charge in [-0.2, -0.15) is 0 Å². The minimum absolute atomic E-state index is 0.431. The summed E-state index contributed by atoms with van der Waals surface area (Å²) in [4.78, 5) is 12.2. The molecule has 1 aromatic heterocycles. The summed E-state index contributed by atoms with van der Waals surface area (Å²) in [6, 6.07) is 8.12. The van der Waals surface area contributed by atoms with Crippen LogP contribution in [0.2, 0.25) is 0 Å². The fourth-order valence-electron chi connectivity index (χ4n) is 2.39. The van der Waals surface area contributed by atoms with Crippen LogP contribution in [0.25, 0.3) is 16.5 Å². The smallest absolute Gasteiger partial charge is 0.407 e. The molecule has 2 aromatic rings. The summed E-state index contributed by atoms with van der Waals surface area (Å²) in [7, 11) is 0. The highest BCUT2D eigenvalue weighted by Crippen LogP contribution is 2.29. The maximum absolute atomic E-state index is 10.8. The molecule has 0 saturated heterocycles. The summed E-state index contributed by atoms with van der Waals surface area (Å²) in [5, 5.41) is 10.0. The van der Waals surface area contributed by atoms with Crippen molar-refractivity contribution in [3.63, 3.8) is 0 Å². The summed E-state index contributed by atoms with van der Waals surface area (Å²) in [5.41, 5.74) is 3.17. The van der Waals surface area contributed by atoms with Crippen LogP contribution in [0.15, 0.2) is 34.8 Å². The largest absolute Gasteiger partial charge is 0.465 e. The lowest BCUT2D eigenvalue weighted by molar-refractivity contribution is 0.150. The maximum Gasteiger partial charge on any atom is 0.407 e. The van der Waals surface area contributed by atoms with Crippen LogP contribution in [0, 0.1) is 6.92 Å². The molecule has 1 aromatic carbocycles. The molecule has 1 aliphatic rings. The van der Waals surface area contributed by atoms with Crippen molar-refractivity contribution in [2.24, 2.45) is 0 Å². The number of amides is 1. The van der Waals surface area contributed by atoms with E-state index in [1.165, 1.54) is 10.5 Å². The van der Waals surface area contributed by atoms with Gasteiger partial charge < -0.3 is 14.4 Å². The molecule has 0 radical (unpaired) electrons. The Morgan fingerprint density at radius 3 is 2.89 bits per heavy atom. The van der Waals surface area contributed by atoms with Crippen LogP contribution in [0.3, 0.4) is 0 Å². The highest BCUT2D eigenvalue weighted by atomic mass is 16.4. The van der Waals surface area contributed by atoms with Gasteiger partial charge in [0.05, 0.1) is 0 Å². The second kappa shape index (κ2) is 4.46. The SMILES string of the molecule is Cc1ccc2oc(C3=CCN(C(=O)O)CC3)cc2c1. The van der Waals surface area contributed by atoms with Gasteiger partial charge in [-0.15, -0.1) is 0 Å². The van der Waals surface area contributed by atoms with Crippen molar-refractivity contribution in [3.8, 4) is 0 Å². The molecule has 0 aliphatic carbocycles. The lowest BCUT2D eigenvalue weighted by Crippen LogP contribution is -2.33. The van der Waals surface area contributed by atoms with Gasteiger partial charge in [-0.05, 0) is 37.1 Å². The molecule has 0 unspecified atom stereocenters. The van der Waals surface area contributed by atoms with Crippen molar-refractivity contribution in [3.05, 3.63) is 41.7 Å². The number of carbonyl (C=O) groups is 1. The molecular formula is C15H15NO3. The molecule has 0 fully saturated rings. The van der Waals surface area contributed by atoms with Crippen molar-refractivity contribution in [1.29, 1.82) is 0 Å². The first-order valence-corrected chi connectivity index (χ1v) is 6.31. The van der Waals surface area contributed by atoms with Crippen molar-refractivity contribution >= 4 is 22.6 Å². The van der Waals surface area contributed by atoms with E-state index in [0.29, 0.717) is 19.5 Å². The Morgan fingerprint density at radius 2 is 2.21 bits per heavy atom. The molecule has 19 heavy (non-hydrogen) atoms. The Morgan fingerprint density at radius 1 is 1.37 bits per heavy atom. The molecule has 0 atom stereocenters. The zero-order valence-corrected chi connectivity index (χ0v) is 10.7. The number of benzene rings is 1. The van der Waals surface area contributed by atoms with Gasteiger partial charge >= 0.3 is 6.09 Å². The summed E-state index contributed by atoms with van der Waals surface area (Å²) in [6.45, 7) is 3.01. The number of hydrogen-bond acceptors (Lipinski definition) is 2. The molecule has 1 amide bonds. The van der Waals surface area contributed by atoms with E-state index < -0.39 is 6.09 Å². The molecule has 0 spiro atoms. The summed E-state index contributed by atoms with van der Waals surface area (Å²) in [5.74, 6) is 0.852. The Hall–Kier alpha value is -2.23. The van der Waals surface area contributed by atoms with Gasteiger partial charge in [0.2, 0.25) is 0 Å². The van der Waals surface area contributed by atoms with Gasteiger partial charge in [0, 0.05) is 18.5 Å². The Kier molecular flexibility index (Phi) is 2.78. The normalized spacial score (nSPS) is 15.6. The van der Waals surface area contributed by atoms with E-state index in [9.17, 15) is 4.79 Å². The predicted molar refractivity (Wildman–Crippen MR) is 73.1 cm³/mol. The van der Waals surface area contributed by atoms with Crippen molar-refractivity contribution < 1.29 is 14.3 Å². The molecule has 98 valence electrons. The van der Waals surface area contributed by atoms with Crippen LogP contribution in [-0.4, -0.2) is 29.2 Å². The minimum atomic E-state index is -0.865. The summed E-state index contributed by atoms with van der Waals surface area (Å²) < 4.78 is 5.82. The molecular weight excluding hydrogens is 242 g/mol. The van der Waals surface area contributed by atoms with Crippen LogP contribution in [-0.2, 0) is 0 Å². The molecule has 2 heterocycles. The number of hydrogen-bond donors (Lipinski definition) is 1. The van der Waals surface area contributed by atoms with Crippen molar-refractivity contribution in [2.75, 3.05) is 13.1 Å². The zero-order chi connectivity index (χ0) is 13.4. The second-order valence-electron chi connectivity index (χ2n) is 4.86. The van der Waals surface area contributed by atoms with E-state index in [2.05, 4.69) is 13.0 Å². The molecule has 1 aliphatic heterocycles. The first-order chi connectivity index (χ1) is 9.13. The van der Waals surface area contributed by atoms with Crippen LogP contribution in [0.5, 0.6) is 0 Å². The van der Waals surface area contributed by atoms with Crippen LogP contribution >= 0.6 is 0 Å². The molecule has 4 nitrogen and oxygen atoms in total. The molecule has 4 heteroatoms. The fraction of sp³-hybridized carbons (Fsp3) is 0.267. The monoisotopic (exact) mass is 257 g/mol. The Bertz CT molecular complexity index is 669. The van der Waals surface area contributed by atoms with Crippen LogP contribution in [0.1, 0.15) is 17.7 Å². The van der Waals surface area contributed by atoms with Crippen LogP contribution in [0.4, 0.5) is 4.79 Å². The molecule has 3 rings (SSSR count). The number of carboxylic acid groups (broad SMARTS) is 1. The summed E-state index contributed by atoms with van der Waals surface area (Å²) >= 11 is 0. The standard InChI is InChI=1S/C15H15NO3/c1-10-2-3-13-12(8-10)9-14(19-13)11-4-6-16(7-5-11)15(17)18/h2-4,8-9H,5-7H2,1H3,(H,17,18). The molecule has 1 N–H and O–H groups in total. The quantitative estimate of drug-likeness (QED) is 0.850. The topological polar surface area (TPSA) is 53.7 Å². The number of furan rings is 1. The van der Waals surface area contributed by atoms with E-state index in [-0.39, 0.29) is 0 Å². The maximum atomic E-state index is 10.8. The lowest BCUT2D eigenvalue weighted by atomic mass is 10.1. The molecule has 0 bridgehead atoms. The number of fused-ring (bicyclic) bond motifs is 1. The fourth-order valence-corrected chi connectivity index (χ4v) is 2.39. The Labute approximate surface area is 110 Å². The van der Waals surface area contributed by atoms with E-state index in [1.54, 1.807) is 0 Å². The van der Waals surface area contributed by atoms with Gasteiger partial charge in [-0.3, -0.25) is 0 Å².